The Morgan fingerprint density at radius 3 is 2.21 bits per heavy atom. The van der Waals surface area contributed by atoms with Gasteiger partial charge in [-0.25, -0.2) is 4.79 Å². The van der Waals surface area contributed by atoms with Gasteiger partial charge in [-0.05, 0) is 17.5 Å². The Labute approximate surface area is 144 Å². The minimum atomic E-state index is -0.361. The first-order valence-corrected chi connectivity index (χ1v) is 8.21. The Morgan fingerprint density at radius 2 is 1.58 bits per heavy atom. The van der Waals surface area contributed by atoms with Crippen molar-refractivity contribution in [2.24, 2.45) is 0 Å². The van der Waals surface area contributed by atoms with Crippen molar-refractivity contribution in [2.75, 3.05) is 27.2 Å². The number of quaternary nitrogens is 1. The van der Waals surface area contributed by atoms with Gasteiger partial charge in [0, 0.05) is 11.6 Å². The van der Waals surface area contributed by atoms with Gasteiger partial charge >= 0.3 is 5.97 Å². The van der Waals surface area contributed by atoms with Crippen molar-refractivity contribution in [3.63, 3.8) is 0 Å². The zero-order chi connectivity index (χ0) is 17.4. The van der Waals surface area contributed by atoms with Crippen LogP contribution in [0, 0.1) is 0 Å². The molecular formula is C21H26NO2+. The number of likely N-dealkylation sites (N-methyl/N-ethyl adjacent to an activating group) is 1. The SMILES string of the molecule is C=CC(=O)OCC[N+](C)(C)Cc1ccc(Cc2ccccc2)cc1. The number of benzene rings is 2. The number of carbonyl (C=O) groups excluding carboxylic acids is 1. The molecular weight excluding hydrogens is 298 g/mol. The van der Waals surface area contributed by atoms with E-state index in [0.29, 0.717) is 6.61 Å². The summed E-state index contributed by atoms with van der Waals surface area (Å²) in [6.07, 6.45) is 2.16. The molecule has 0 N–H and O–H groups in total. The second-order valence-electron chi connectivity index (χ2n) is 6.67. The van der Waals surface area contributed by atoms with E-state index in [1.807, 2.05) is 6.07 Å². The first kappa shape index (κ1) is 18.0. The Hall–Kier alpha value is -2.39. The second kappa shape index (κ2) is 8.46. The van der Waals surface area contributed by atoms with Crippen LogP contribution >= 0.6 is 0 Å². The van der Waals surface area contributed by atoms with E-state index in [-0.39, 0.29) is 5.97 Å². The van der Waals surface area contributed by atoms with E-state index >= 15 is 0 Å². The summed E-state index contributed by atoms with van der Waals surface area (Å²) >= 11 is 0. The third-order valence-electron chi connectivity index (χ3n) is 3.99. The summed E-state index contributed by atoms with van der Waals surface area (Å²) in [5.74, 6) is -0.361. The van der Waals surface area contributed by atoms with Crippen LogP contribution < -0.4 is 0 Å². The second-order valence-corrected chi connectivity index (χ2v) is 6.67. The number of nitrogens with zero attached hydrogens (tertiary/aromatic N) is 1. The van der Waals surface area contributed by atoms with Gasteiger partial charge in [0.2, 0.25) is 0 Å². The van der Waals surface area contributed by atoms with Crippen LogP contribution in [0.25, 0.3) is 0 Å². The Morgan fingerprint density at radius 1 is 1.00 bits per heavy atom. The third kappa shape index (κ3) is 6.01. The summed E-state index contributed by atoms with van der Waals surface area (Å²) in [6, 6.07) is 19.3. The first-order chi connectivity index (χ1) is 11.5. The predicted octanol–water partition coefficient (Wildman–Crippen LogP) is 3.58. The number of hydrogen-bond donors (Lipinski definition) is 0. The lowest BCUT2D eigenvalue weighted by atomic mass is 10.0. The molecule has 0 saturated heterocycles. The van der Waals surface area contributed by atoms with Crippen LogP contribution in [-0.4, -0.2) is 37.7 Å². The summed E-state index contributed by atoms with van der Waals surface area (Å²) < 4.78 is 5.84. The Balaban J connectivity index is 1.88. The van der Waals surface area contributed by atoms with Gasteiger partial charge in [-0.3, -0.25) is 0 Å². The van der Waals surface area contributed by atoms with Gasteiger partial charge in [0.1, 0.15) is 19.7 Å². The molecule has 0 atom stereocenters. The van der Waals surface area contributed by atoms with Crippen molar-refractivity contribution >= 4 is 5.97 Å². The standard InChI is InChI=1S/C21H26NO2/c1-4-21(23)24-15-14-22(2,3)17-20-12-10-19(11-13-20)16-18-8-6-5-7-9-18/h4-13H,1,14-17H2,2-3H3/q+1. The van der Waals surface area contributed by atoms with E-state index in [9.17, 15) is 4.79 Å². The van der Waals surface area contributed by atoms with Crippen LogP contribution in [0.15, 0.2) is 67.3 Å². The number of esters is 1. The Kier molecular flexibility index (Phi) is 6.33. The highest BCUT2D eigenvalue weighted by Crippen LogP contribution is 2.14. The molecule has 0 aliphatic rings. The van der Waals surface area contributed by atoms with Crippen molar-refractivity contribution in [3.05, 3.63) is 83.9 Å². The average molecular weight is 324 g/mol. The van der Waals surface area contributed by atoms with Crippen molar-refractivity contribution in [2.45, 2.75) is 13.0 Å². The van der Waals surface area contributed by atoms with Crippen molar-refractivity contribution in [1.82, 2.24) is 0 Å². The fraction of sp³-hybridized carbons (Fsp3) is 0.286. The highest BCUT2D eigenvalue weighted by Gasteiger charge is 2.16. The fourth-order valence-electron chi connectivity index (χ4n) is 2.62. The summed E-state index contributed by atoms with van der Waals surface area (Å²) in [6.45, 7) is 5.48. The molecule has 3 nitrogen and oxygen atoms in total. The first-order valence-electron chi connectivity index (χ1n) is 8.21. The van der Waals surface area contributed by atoms with E-state index in [2.05, 4.69) is 69.2 Å². The number of ether oxygens (including phenoxy) is 1. The molecule has 2 aromatic rings. The maximum atomic E-state index is 11.1. The molecule has 126 valence electrons. The van der Waals surface area contributed by atoms with Gasteiger partial charge in [0.25, 0.3) is 0 Å². The average Bonchev–Trinajstić information content (AvgIpc) is 2.57. The molecule has 2 aromatic carbocycles. The summed E-state index contributed by atoms with van der Waals surface area (Å²) in [7, 11) is 4.28. The van der Waals surface area contributed by atoms with Gasteiger partial charge in [-0.1, -0.05) is 61.2 Å². The number of rotatable bonds is 8. The number of carbonyl (C=O) groups is 1. The van der Waals surface area contributed by atoms with Crippen LogP contribution in [-0.2, 0) is 22.5 Å². The molecule has 3 heteroatoms. The lowest BCUT2D eigenvalue weighted by Gasteiger charge is -2.29. The van der Waals surface area contributed by atoms with Crippen molar-refractivity contribution < 1.29 is 14.0 Å². The van der Waals surface area contributed by atoms with E-state index in [1.54, 1.807) is 0 Å². The molecule has 0 amide bonds. The molecule has 0 aliphatic carbocycles. The van der Waals surface area contributed by atoms with Gasteiger partial charge in [-0.15, -0.1) is 0 Å². The minimum absolute atomic E-state index is 0.361. The lowest BCUT2D eigenvalue weighted by Crippen LogP contribution is -2.41. The monoisotopic (exact) mass is 324 g/mol. The van der Waals surface area contributed by atoms with Gasteiger partial charge in [-0.2, -0.15) is 0 Å². The van der Waals surface area contributed by atoms with E-state index in [0.717, 1.165) is 24.0 Å². The molecule has 2 rings (SSSR count). The van der Waals surface area contributed by atoms with Crippen LogP contribution in [0.1, 0.15) is 16.7 Å². The highest BCUT2D eigenvalue weighted by atomic mass is 16.5. The summed E-state index contributed by atoms with van der Waals surface area (Å²) in [5, 5.41) is 0. The maximum Gasteiger partial charge on any atom is 0.330 e. The quantitative estimate of drug-likeness (QED) is 0.421. The van der Waals surface area contributed by atoms with Crippen LogP contribution in [0.5, 0.6) is 0 Å². The molecule has 0 aliphatic heterocycles. The summed E-state index contributed by atoms with van der Waals surface area (Å²) in [5.41, 5.74) is 3.92. The van der Waals surface area contributed by atoms with Crippen molar-refractivity contribution in [3.8, 4) is 0 Å². The van der Waals surface area contributed by atoms with Gasteiger partial charge < -0.3 is 9.22 Å². The Bertz CT molecular complexity index is 660. The largest absolute Gasteiger partial charge is 0.457 e. The lowest BCUT2D eigenvalue weighted by molar-refractivity contribution is -0.903. The fourth-order valence-corrected chi connectivity index (χ4v) is 2.62. The van der Waals surface area contributed by atoms with E-state index in [4.69, 9.17) is 4.74 Å². The van der Waals surface area contributed by atoms with Crippen LogP contribution in [0.2, 0.25) is 0 Å². The van der Waals surface area contributed by atoms with Crippen molar-refractivity contribution in [1.29, 1.82) is 0 Å². The molecule has 0 fully saturated rings. The molecule has 0 heterocycles. The zero-order valence-electron chi connectivity index (χ0n) is 14.6. The van der Waals surface area contributed by atoms with Gasteiger partial charge in [0.05, 0.1) is 14.1 Å². The molecule has 0 unspecified atom stereocenters. The third-order valence-corrected chi connectivity index (χ3v) is 3.99. The van der Waals surface area contributed by atoms with E-state index in [1.165, 1.54) is 22.8 Å². The molecule has 0 saturated carbocycles. The molecule has 0 aromatic heterocycles. The zero-order valence-corrected chi connectivity index (χ0v) is 14.6. The van der Waals surface area contributed by atoms with Crippen LogP contribution in [0.4, 0.5) is 0 Å². The smallest absolute Gasteiger partial charge is 0.330 e. The predicted molar refractivity (Wildman–Crippen MR) is 97.5 cm³/mol. The molecule has 0 spiro atoms. The minimum Gasteiger partial charge on any atom is -0.457 e. The highest BCUT2D eigenvalue weighted by molar-refractivity contribution is 5.81. The molecule has 0 radical (unpaired) electrons. The maximum absolute atomic E-state index is 11.1. The topological polar surface area (TPSA) is 26.3 Å². The van der Waals surface area contributed by atoms with E-state index < -0.39 is 0 Å². The van der Waals surface area contributed by atoms with Gasteiger partial charge in [0.15, 0.2) is 0 Å². The number of hydrogen-bond acceptors (Lipinski definition) is 2. The summed E-state index contributed by atoms with van der Waals surface area (Å²) in [4.78, 5) is 11.1. The molecule has 24 heavy (non-hydrogen) atoms. The normalized spacial score (nSPS) is 11.1. The molecule has 0 bridgehead atoms. The van der Waals surface area contributed by atoms with Crippen LogP contribution in [0.3, 0.4) is 0 Å².